The number of nitrogen functional groups attached to an aromatic ring is 1. The van der Waals surface area contributed by atoms with Crippen LogP contribution in [-0.2, 0) is 12.3 Å². The zero-order valence-electron chi connectivity index (χ0n) is 17.0. The third-order valence-corrected chi connectivity index (χ3v) is 5.50. The number of nitrogens with zero attached hydrogens (tertiary/aromatic N) is 6. The maximum atomic E-state index is 5.93. The van der Waals surface area contributed by atoms with Gasteiger partial charge >= 0.3 is 0 Å². The van der Waals surface area contributed by atoms with Crippen LogP contribution in [0.4, 0.5) is 17.6 Å². The second kappa shape index (κ2) is 9.36. The van der Waals surface area contributed by atoms with Crippen LogP contribution < -0.4 is 11.1 Å². The predicted octanol–water partition coefficient (Wildman–Crippen LogP) is 4.50. The van der Waals surface area contributed by atoms with Gasteiger partial charge in [-0.05, 0) is 36.4 Å². The number of nitrogens with one attached hydrogen (secondary N) is 1. The number of rotatable bonds is 8. The van der Waals surface area contributed by atoms with Crippen molar-refractivity contribution < 1.29 is 4.42 Å². The van der Waals surface area contributed by atoms with Crippen molar-refractivity contribution in [1.82, 2.24) is 29.7 Å². The minimum atomic E-state index is 0.141. The van der Waals surface area contributed by atoms with E-state index in [0.29, 0.717) is 29.1 Å². The molecule has 0 aliphatic carbocycles. The Bertz CT molecular complexity index is 1140. The van der Waals surface area contributed by atoms with E-state index in [1.807, 2.05) is 28.8 Å². The molecule has 3 heterocycles. The molecule has 0 unspecified atom stereocenters. The maximum Gasteiger partial charge on any atom is 0.232 e. The van der Waals surface area contributed by atoms with Gasteiger partial charge in [0.2, 0.25) is 11.9 Å². The van der Waals surface area contributed by atoms with Gasteiger partial charge in [0.05, 0.1) is 18.6 Å². The Morgan fingerprint density at radius 1 is 1.13 bits per heavy atom. The number of hydrogen-bond donors (Lipinski definition) is 2. The molecular weight excluding hydrogens is 436 g/mol. The second-order valence-corrected chi connectivity index (χ2v) is 8.39. The van der Waals surface area contributed by atoms with Crippen LogP contribution in [0, 0.1) is 0 Å². The van der Waals surface area contributed by atoms with Crippen molar-refractivity contribution in [3.05, 3.63) is 65.1 Å². The molecule has 1 aromatic carbocycles. The zero-order chi connectivity index (χ0) is 21.8. The highest BCUT2D eigenvalue weighted by atomic mass is 35.5. The van der Waals surface area contributed by atoms with Gasteiger partial charge in [0.1, 0.15) is 17.4 Å². The molecule has 0 saturated heterocycles. The molecule has 11 heteroatoms. The van der Waals surface area contributed by atoms with Gasteiger partial charge in [-0.1, -0.05) is 37.2 Å². The molecular formula is C20H21ClN8OS. The van der Waals surface area contributed by atoms with Crippen molar-refractivity contribution in [2.75, 3.05) is 11.1 Å². The van der Waals surface area contributed by atoms with Crippen molar-refractivity contribution >= 4 is 40.9 Å². The molecule has 160 valence electrons. The highest BCUT2D eigenvalue weighted by Gasteiger charge is 2.17. The van der Waals surface area contributed by atoms with Crippen molar-refractivity contribution in [2.24, 2.45) is 0 Å². The summed E-state index contributed by atoms with van der Waals surface area (Å²) in [7, 11) is 0. The normalized spacial score (nSPS) is 11.2. The Morgan fingerprint density at radius 3 is 2.65 bits per heavy atom. The lowest BCUT2D eigenvalue weighted by molar-refractivity contribution is 0.475. The number of benzene rings is 1. The maximum absolute atomic E-state index is 5.93. The van der Waals surface area contributed by atoms with Crippen molar-refractivity contribution in [3.63, 3.8) is 0 Å². The number of anilines is 3. The van der Waals surface area contributed by atoms with Gasteiger partial charge in [0, 0.05) is 16.6 Å². The van der Waals surface area contributed by atoms with Crippen LogP contribution in [0.1, 0.15) is 37.2 Å². The number of halogens is 1. The third kappa shape index (κ3) is 5.33. The van der Waals surface area contributed by atoms with Gasteiger partial charge < -0.3 is 15.5 Å². The highest BCUT2D eigenvalue weighted by Crippen LogP contribution is 2.25. The van der Waals surface area contributed by atoms with Gasteiger partial charge in [0.25, 0.3) is 0 Å². The molecule has 0 aliphatic rings. The molecule has 3 aromatic heterocycles. The van der Waals surface area contributed by atoms with Crippen molar-refractivity contribution in [3.8, 4) is 0 Å². The number of aromatic nitrogens is 6. The number of thioether (sulfide) groups is 1. The van der Waals surface area contributed by atoms with Crippen LogP contribution in [0.3, 0.4) is 0 Å². The summed E-state index contributed by atoms with van der Waals surface area (Å²) < 4.78 is 7.55. The van der Waals surface area contributed by atoms with Crippen LogP contribution in [0.15, 0.2) is 52.2 Å². The van der Waals surface area contributed by atoms with E-state index >= 15 is 0 Å². The molecule has 0 spiro atoms. The van der Waals surface area contributed by atoms with Gasteiger partial charge in [0.15, 0.2) is 5.16 Å². The topological polar surface area (TPSA) is 121 Å². The Kier molecular flexibility index (Phi) is 6.38. The SMILES string of the molecule is CC(C)c1nnc(SCc2nc(N)nc(Nc3ccc(Cl)cc3)n2)n1Cc1ccco1. The summed E-state index contributed by atoms with van der Waals surface area (Å²) in [6.45, 7) is 4.72. The Hall–Kier alpha value is -3.11. The van der Waals surface area contributed by atoms with Crippen LogP contribution in [-0.4, -0.2) is 29.7 Å². The van der Waals surface area contributed by atoms with E-state index in [-0.39, 0.29) is 11.9 Å². The summed E-state index contributed by atoms with van der Waals surface area (Å²) in [6.07, 6.45) is 1.66. The first-order chi connectivity index (χ1) is 15.0. The van der Waals surface area contributed by atoms with Crippen molar-refractivity contribution in [1.29, 1.82) is 0 Å². The standard InChI is InChI=1S/C20H21ClN8OS/c1-12(2)17-27-28-20(29(17)10-15-4-3-9-30-15)31-11-16-24-18(22)26-19(25-16)23-14-7-5-13(21)6-8-14/h3-9,12H,10-11H2,1-2H3,(H3,22,23,24,25,26). The average Bonchev–Trinajstić information content (AvgIpc) is 3.38. The first kappa shape index (κ1) is 21.1. The second-order valence-electron chi connectivity index (χ2n) is 7.01. The molecule has 0 bridgehead atoms. The monoisotopic (exact) mass is 456 g/mol. The molecule has 9 nitrogen and oxygen atoms in total. The Morgan fingerprint density at radius 2 is 1.94 bits per heavy atom. The molecule has 0 radical (unpaired) electrons. The first-order valence-corrected chi connectivity index (χ1v) is 11.0. The quantitative estimate of drug-likeness (QED) is 0.369. The van der Waals surface area contributed by atoms with E-state index in [4.69, 9.17) is 21.8 Å². The molecule has 0 aliphatic heterocycles. The summed E-state index contributed by atoms with van der Waals surface area (Å²) in [5.74, 6) is 3.44. The summed E-state index contributed by atoms with van der Waals surface area (Å²) in [5, 5.41) is 13.2. The zero-order valence-corrected chi connectivity index (χ0v) is 18.6. The fraction of sp³-hybridized carbons (Fsp3) is 0.250. The first-order valence-electron chi connectivity index (χ1n) is 9.59. The Labute approximate surface area is 188 Å². The van der Waals surface area contributed by atoms with Crippen molar-refractivity contribution in [2.45, 2.75) is 37.2 Å². The lowest BCUT2D eigenvalue weighted by Crippen LogP contribution is -2.09. The van der Waals surface area contributed by atoms with E-state index in [1.54, 1.807) is 18.4 Å². The fourth-order valence-electron chi connectivity index (χ4n) is 2.89. The largest absolute Gasteiger partial charge is 0.467 e. The van der Waals surface area contributed by atoms with E-state index in [0.717, 1.165) is 22.4 Å². The molecule has 3 N–H and O–H groups in total. The van der Waals surface area contributed by atoms with Gasteiger partial charge in [-0.15, -0.1) is 10.2 Å². The van der Waals surface area contributed by atoms with E-state index in [9.17, 15) is 0 Å². The lowest BCUT2D eigenvalue weighted by atomic mass is 10.2. The predicted molar refractivity (Wildman–Crippen MR) is 120 cm³/mol. The molecule has 4 rings (SSSR count). The van der Waals surface area contributed by atoms with Gasteiger partial charge in [-0.3, -0.25) is 4.57 Å². The van der Waals surface area contributed by atoms with Crippen LogP contribution in [0.25, 0.3) is 0 Å². The van der Waals surface area contributed by atoms with Crippen LogP contribution in [0.2, 0.25) is 5.02 Å². The molecule has 31 heavy (non-hydrogen) atoms. The van der Waals surface area contributed by atoms with Gasteiger partial charge in [-0.2, -0.15) is 15.0 Å². The summed E-state index contributed by atoms with van der Waals surface area (Å²) in [5.41, 5.74) is 6.69. The fourth-order valence-corrected chi connectivity index (χ4v) is 3.82. The highest BCUT2D eigenvalue weighted by molar-refractivity contribution is 7.98. The average molecular weight is 457 g/mol. The molecule has 4 aromatic rings. The minimum Gasteiger partial charge on any atom is -0.467 e. The van der Waals surface area contributed by atoms with Gasteiger partial charge in [-0.25, -0.2) is 0 Å². The summed E-state index contributed by atoms with van der Waals surface area (Å²) >= 11 is 7.41. The summed E-state index contributed by atoms with van der Waals surface area (Å²) in [4.78, 5) is 12.9. The molecule has 0 saturated carbocycles. The molecule has 0 amide bonds. The third-order valence-electron chi connectivity index (χ3n) is 4.29. The molecule has 0 atom stereocenters. The summed E-state index contributed by atoms with van der Waals surface area (Å²) in [6, 6.07) is 11.0. The van der Waals surface area contributed by atoms with E-state index < -0.39 is 0 Å². The molecule has 0 fully saturated rings. The number of furan rings is 1. The Balaban J connectivity index is 1.51. The number of nitrogens with two attached hydrogens (primary N) is 1. The van der Waals surface area contributed by atoms with Crippen LogP contribution >= 0.6 is 23.4 Å². The van der Waals surface area contributed by atoms with E-state index in [2.05, 4.69) is 44.3 Å². The smallest absolute Gasteiger partial charge is 0.232 e. The minimum absolute atomic E-state index is 0.141. The lowest BCUT2D eigenvalue weighted by Gasteiger charge is -2.11. The van der Waals surface area contributed by atoms with Crippen LogP contribution in [0.5, 0.6) is 0 Å². The van der Waals surface area contributed by atoms with E-state index in [1.165, 1.54) is 11.8 Å². The number of hydrogen-bond acceptors (Lipinski definition) is 9.